The minimum Gasteiger partial charge on any atom is -0.484 e. The zero-order valence-corrected chi connectivity index (χ0v) is 18.2. The first-order chi connectivity index (χ1) is 15.4. The Morgan fingerprint density at radius 3 is 1.94 bits per heavy atom. The van der Waals surface area contributed by atoms with Gasteiger partial charge in [-0.25, -0.2) is 0 Å². The minimum atomic E-state index is -0.371. The Morgan fingerprint density at radius 1 is 0.812 bits per heavy atom. The van der Waals surface area contributed by atoms with Crippen LogP contribution in [0, 0.1) is 0 Å². The van der Waals surface area contributed by atoms with Gasteiger partial charge in [0.05, 0.1) is 18.8 Å². The van der Waals surface area contributed by atoms with E-state index in [9.17, 15) is 14.4 Å². The Hall–Kier alpha value is -3.43. The van der Waals surface area contributed by atoms with Crippen LogP contribution < -0.4 is 9.47 Å². The molecule has 2 aromatic rings. The van der Waals surface area contributed by atoms with Crippen molar-refractivity contribution in [2.45, 2.75) is 0 Å². The van der Waals surface area contributed by atoms with E-state index in [4.69, 9.17) is 19.7 Å². The topological polar surface area (TPSA) is 117 Å². The Balaban J connectivity index is 2.22. The van der Waals surface area contributed by atoms with Crippen molar-refractivity contribution in [3.63, 3.8) is 0 Å². The molecular formula is C23H28N2O7. The van der Waals surface area contributed by atoms with E-state index in [0.29, 0.717) is 5.56 Å². The largest absolute Gasteiger partial charge is 0.484 e. The molecule has 2 amide bonds. The van der Waals surface area contributed by atoms with Gasteiger partial charge in [-0.2, -0.15) is 0 Å². The smallest absolute Gasteiger partial charge is 0.260 e. The van der Waals surface area contributed by atoms with Crippen LogP contribution in [-0.4, -0.2) is 91.2 Å². The van der Waals surface area contributed by atoms with Crippen molar-refractivity contribution in [2.75, 3.05) is 53.6 Å². The van der Waals surface area contributed by atoms with Gasteiger partial charge in [0.1, 0.15) is 11.5 Å². The molecule has 0 heterocycles. The Labute approximate surface area is 186 Å². The maximum absolute atomic E-state index is 13.0. The standard InChI is InChI=1S/C23H28N2O7/c1-24(10-12-26)21(28)15-31-18-8-9-19(23(30)17-6-4-3-5-7-17)20(14-18)32-16-22(29)25(2)11-13-27/h3-9,14,26-27H,10-13,15-16H2,1-2H3. The number of benzene rings is 2. The number of likely N-dealkylation sites (N-methyl/N-ethyl adjacent to an activating group) is 2. The van der Waals surface area contributed by atoms with Crippen LogP contribution in [-0.2, 0) is 9.59 Å². The number of ketones is 1. The molecule has 0 saturated heterocycles. The zero-order chi connectivity index (χ0) is 23.5. The molecule has 0 saturated carbocycles. The lowest BCUT2D eigenvalue weighted by atomic mass is 10.0. The van der Waals surface area contributed by atoms with Crippen LogP contribution in [0.5, 0.6) is 11.5 Å². The summed E-state index contributed by atoms with van der Waals surface area (Å²) in [6.45, 7) is -0.597. The predicted molar refractivity (Wildman–Crippen MR) is 117 cm³/mol. The van der Waals surface area contributed by atoms with E-state index in [2.05, 4.69) is 0 Å². The fourth-order valence-electron chi connectivity index (χ4n) is 2.70. The number of carbonyl (C=O) groups excluding carboxylic acids is 3. The summed E-state index contributed by atoms with van der Waals surface area (Å²) in [5, 5.41) is 17.9. The van der Waals surface area contributed by atoms with Gasteiger partial charge < -0.3 is 29.5 Å². The van der Waals surface area contributed by atoms with Gasteiger partial charge in [0, 0.05) is 38.8 Å². The van der Waals surface area contributed by atoms with Crippen LogP contribution in [0.3, 0.4) is 0 Å². The van der Waals surface area contributed by atoms with Crippen LogP contribution >= 0.6 is 0 Å². The average Bonchev–Trinajstić information content (AvgIpc) is 2.81. The summed E-state index contributed by atoms with van der Waals surface area (Å²) in [7, 11) is 3.08. The maximum Gasteiger partial charge on any atom is 0.260 e. The molecule has 2 N–H and O–H groups in total. The third kappa shape index (κ3) is 7.07. The molecular weight excluding hydrogens is 416 g/mol. The first-order valence-electron chi connectivity index (χ1n) is 10.1. The van der Waals surface area contributed by atoms with Crippen LogP contribution in [0.25, 0.3) is 0 Å². The van der Waals surface area contributed by atoms with Crippen LogP contribution in [0.15, 0.2) is 48.5 Å². The van der Waals surface area contributed by atoms with Gasteiger partial charge in [-0.05, 0) is 12.1 Å². The summed E-state index contributed by atoms with van der Waals surface area (Å²) < 4.78 is 11.2. The molecule has 9 nitrogen and oxygen atoms in total. The van der Waals surface area contributed by atoms with E-state index in [-0.39, 0.29) is 74.2 Å². The van der Waals surface area contributed by atoms with Gasteiger partial charge in [-0.3, -0.25) is 14.4 Å². The molecule has 0 aliphatic rings. The third-order valence-corrected chi connectivity index (χ3v) is 4.67. The van der Waals surface area contributed by atoms with Crippen molar-refractivity contribution in [2.24, 2.45) is 0 Å². The second kappa shape index (κ2) is 12.4. The summed E-state index contributed by atoms with van der Waals surface area (Å²) in [4.78, 5) is 39.8. The fraction of sp³-hybridized carbons (Fsp3) is 0.348. The average molecular weight is 444 g/mol. The van der Waals surface area contributed by atoms with Gasteiger partial charge >= 0.3 is 0 Å². The first-order valence-corrected chi connectivity index (χ1v) is 10.1. The van der Waals surface area contributed by atoms with E-state index >= 15 is 0 Å². The monoisotopic (exact) mass is 444 g/mol. The van der Waals surface area contributed by atoms with Crippen molar-refractivity contribution in [3.05, 3.63) is 59.7 Å². The molecule has 0 aliphatic heterocycles. The summed E-state index contributed by atoms with van der Waals surface area (Å²) in [6.07, 6.45) is 0. The second-order valence-electron chi connectivity index (χ2n) is 7.01. The molecule has 0 unspecified atom stereocenters. The summed E-state index contributed by atoms with van der Waals surface area (Å²) >= 11 is 0. The van der Waals surface area contributed by atoms with Crippen LogP contribution in [0.1, 0.15) is 15.9 Å². The Bertz CT molecular complexity index is 918. The van der Waals surface area contributed by atoms with Crippen LogP contribution in [0.4, 0.5) is 0 Å². The number of aliphatic hydroxyl groups excluding tert-OH is 2. The molecule has 2 rings (SSSR count). The zero-order valence-electron chi connectivity index (χ0n) is 18.2. The van der Waals surface area contributed by atoms with Gasteiger partial charge in [-0.15, -0.1) is 0 Å². The summed E-state index contributed by atoms with van der Waals surface area (Å²) in [5.41, 5.74) is 0.695. The molecule has 0 fully saturated rings. The Kier molecular flexibility index (Phi) is 9.65. The van der Waals surface area contributed by atoms with Crippen molar-refractivity contribution < 1.29 is 34.1 Å². The lowest BCUT2D eigenvalue weighted by Gasteiger charge is -2.18. The van der Waals surface area contributed by atoms with E-state index in [1.165, 1.54) is 29.0 Å². The number of hydrogen-bond acceptors (Lipinski definition) is 7. The fourth-order valence-corrected chi connectivity index (χ4v) is 2.70. The highest BCUT2D eigenvalue weighted by Crippen LogP contribution is 2.27. The van der Waals surface area contributed by atoms with E-state index in [0.717, 1.165) is 0 Å². The summed E-state index contributed by atoms with van der Waals surface area (Å²) in [5.74, 6) is -0.567. The highest BCUT2D eigenvalue weighted by molar-refractivity contribution is 6.10. The minimum absolute atomic E-state index is 0.137. The highest BCUT2D eigenvalue weighted by atomic mass is 16.5. The van der Waals surface area contributed by atoms with Crippen molar-refractivity contribution in [1.29, 1.82) is 0 Å². The quantitative estimate of drug-likeness (QED) is 0.460. The molecule has 0 radical (unpaired) electrons. The van der Waals surface area contributed by atoms with Gasteiger partial charge in [0.2, 0.25) is 0 Å². The van der Waals surface area contributed by atoms with Gasteiger partial charge in [0.15, 0.2) is 19.0 Å². The number of amides is 2. The molecule has 0 spiro atoms. The number of hydrogen-bond donors (Lipinski definition) is 2. The van der Waals surface area contributed by atoms with Gasteiger partial charge in [-0.1, -0.05) is 30.3 Å². The maximum atomic E-state index is 13.0. The molecule has 9 heteroatoms. The van der Waals surface area contributed by atoms with E-state index in [1.807, 2.05) is 0 Å². The van der Waals surface area contributed by atoms with Crippen molar-refractivity contribution in [3.8, 4) is 11.5 Å². The molecule has 0 atom stereocenters. The number of aliphatic hydroxyl groups is 2. The normalized spacial score (nSPS) is 10.4. The molecule has 32 heavy (non-hydrogen) atoms. The number of carbonyl (C=O) groups is 3. The SMILES string of the molecule is CN(CCO)C(=O)COc1ccc(C(=O)c2ccccc2)c(OCC(=O)N(C)CCO)c1. The van der Waals surface area contributed by atoms with Crippen LogP contribution in [0.2, 0.25) is 0 Å². The molecule has 0 aliphatic carbocycles. The molecule has 2 aromatic carbocycles. The first kappa shape index (κ1) is 24.8. The number of rotatable bonds is 12. The van der Waals surface area contributed by atoms with E-state index in [1.54, 1.807) is 43.4 Å². The lowest BCUT2D eigenvalue weighted by Crippen LogP contribution is -2.33. The van der Waals surface area contributed by atoms with Crippen molar-refractivity contribution >= 4 is 17.6 Å². The third-order valence-electron chi connectivity index (χ3n) is 4.67. The lowest BCUT2D eigenvalue weighted by molar-refractivity contribution is -0.133. The number of ether oxygens (including phenoxy) is 2. The number of nitrogens with zero attached hydrogens (tertiary/aromatic N) is 2. The molecule has 0 aromatic heterocycles. The molecule has 0 bridgehead atoms. The van der Waals surface area contributed by atoms with E-state index < -0.39 is 0 Å². The predicted octanol–water partition coefficient (Wildman–Crippen LogP) is 0.577. The second-order valence-corrected chi connectivity index (χ2v) is 7.01. The Morgan fingerprint density at radius 2 is 1.38 bits per heavy atom. The van der Waals surface area contributed by atoms with Crippen molar-refractivity contribution in [1.82, 2.24) is 9.80 Å². The molecule has 172 valence electrons. The summed E-state index contributed by atoms with van der Waals surface area (Å²) in [6, 6.07) is 13.1. The van der Waals surface area contributed by atoms with Gasteiger partial charge in [0.25, 0.3) is 11.8 Å². The highest BCUT2D eigenvalue weighted by Gasteiger charge is 2.18.